The first-order chi connectivity index (χ1) is 14.6. The van der Waals surface area contributed by atoms with Gasteiger partial charge in [-0.25, -0.2) is 10.5 Å². The van der Waals surface area contributed by atoms with Gasteiger partial charge in [0.15, 0.2) is 6.19 Å². The summed E-state index contributed by atoms with van der Waals surface area (Å²) in [6.45, 7) is 0.676. The molecule has 1 aromatic rings. The summed E-state index contributed by atoms with van der Waals surface area (Å²) >= 11 is 1.51. The molecule has 0 aromatic carbocycles. The molecule has 0 saturated heterocycles. The molecule has 0 spiro atoms. The third-order valence-electron chi connectivity index (χ3n) is 5.58. The molecule has 9 nitrogen and oxygen atoms in total. The highest BCUT2D eigenvalue weighted by Gasteiger charge is 2.34. The van der Waals surface area contributed by atoms with Gasteiger partial charge in [0.2, 0.25) is 11.9 Å². The lowest BCUT2D eigenvalue weighted by molar-refractivity contribution is -0.117. The highest BCUT2D eigenvalue weighted by molar-refractivity contribution is 7.17. The topological polar surface area (TPSA) is 128 Å². The molecule has 30 heavy (non-hydrogen) atoms. The molecular formula is C20H26N6O3S. The summed E-state index contributed by atoms with van der Waals surface area (Å²) in [4.78, 5) is 36.0. The van der Waals surface area contributed by atoms with Gasteiger partial charge in [-0.15, -0.1) is 11.3 Å². The summed E-state index contributed by atoms with van der Waals surface area (Å²) in [7, 11) is 1.45. The van der Waals surface area contributed by atoms with E-state index >= 15 is 0 Å². The Kier molecular flexibility index (Phi) is 6.20. The summed E-state index contributed by atoms with van der Waals surface area (Å²) in [6.07, 6.45) is 8.10. The first kappa shape index (κ1) is 20.6. The molecule has 4 N–H and O–H groups in total. The number of nitrogens with zero attached hydrogens (tertiary/aromatic N) is 2. The molecule has 1 aromatic heterocycles. The number of aryl methyl sites for hydroxylation is 1. The van der Waals surface area contributed by atoms with Gasteiger partial charge in [0.1, 0.15) is 5.00 Å². The number of hydrogen-bond donors (Lipinski definition) is 4. The Labute approximate surface area is 179 Å². The molecule has 0 aliphatic heterocycles. The first-order valence-electron chi connectivity index (χ1n) is 10.3. The van der Waals surface area contributed by atoms with Crippen molar-refractivity contribution in [2.75, 3.05) is 19.0 Å². The van der Waals surface area contributed by atoms with Crippen LogP contribution in [0.2, 0.25) is 0 Å². The van der Waals surface area contributed by atoms with E-state index in [1.54, 1.807) is 0 Å². The number of nitriles is 1. The smallest absolute Gasteiger partial charge is 0.254 e. The summed E-state index contributed by atoms with van der Waals surface area (Å²) in [5, 5.41) is 18.1. The lowest BCUT2D eigenvalue weighted by Crippen LogP contribution is -2.36. The van der Waals surface area contributed by atoms with E-state index < -0.39 is 0 Å². The van der Waals surface area contributed by atoms with Crippen molar-refractivity contribution in [3.63, 3.8) is 0 Å². The van der Waals surface area contributed by atoms with Gasteiger partial charge in [0, 0.05) is 17.3 Å². The van der Waals surface area contributed by atoms with Gasteiger partial charge in [-0.2, -0.15) is 5.26 Å². The normalized spacial score (nSPS) is 20.7. The van der Waals surface area contributed by atoms with Crippen molar-refractivity contribution in [3.05, 3.63) is 16.0 Å². The van der Waals surface area contributed by atoms with Gasteiger partial charge in [0.25, 0.3) is 5.91 Å². The number of carbonyl (C=O) groups is 2. The van der Waals surface area contributed by atoms with E-state index in [2.05, 4.69) is 26.4 Å². The zero-order valence-corrected chi connectivity index (χ0v) is 17.7. The molecule has 1 heterocycles. The summed E-state index contributed by atoms with van der Waals surface area (Å²) in [6, 6.07) is -0.104. The van der Waals surface area contributed by atoms with Crippen molar-refractivity contribution in [1.82, 2.24) is 16.1 Å². The summed E-state index contributed by atoms with van der Waals surface area (Å²) in [5.41, 5.74) is 4.10. The van der Waals surface area contributed by atoms with Crippen molar-refractivity contribution in [2.45, 2.75) is 51.0 Å². The Morgan fingerprint density at radius 2 is 2.07 bits per heavy atom. The van der Waals surface area contributed by atoms with Crippen LogP contribution in [0.5, 0.6) is 0 Å². The molecule has 10 heteroatoms. The molecule has 0 radical (unpaired) electrons. The monoisotopic (exact) mass is 430 g/mol. The number of anilines is 1. The molecular weight excluding hydrogens is 404 g/mol. The number of rotatable bonds is 7. The number of aliphatic imine (C=N–C) groups is 1. The second-order valence-electron chi connectivity index (χ2n) is 8.04. The van der Waals surface area contributed by atoms with Crippen molar-refractivity contribution >= 4 is 34.1 Å². The van der Waals surface area contributed by atoms with Crippen molar-refractivity contribution < 1.29 is 14.4 Å². The standard InChI is InChI=1S/C20H26N6O3S/c1-29-26-20(23-10-21)24-13-6-7-15-14(8-13)16(18(28)22-9-11-2-3-11)19(30-15)25-17(27)12-4-5-12/h11-13H,2-9H2,1H3,(H,22,28)(H,25,27)(H2,23,24,26). The zero-order valence-electron chi connectivity index (χ0n) is 16.9. The number of amides is 2. The van der Waals surface area contributed by atoms with Crippen molar-refractivity contribution in [3.8, 4) is 6.19 Å². The minimum Gasteiger partial charge on any atom is -0.352 e. The van der Waals surface area contributed by atoms with Crippen LogP contribution in [0.25, 0.3) is 0 Å². The molecule has 0 bridgehead atoms. The molecule has 2 saturated carbocycles. The van der Waals surface area contributed by atoms with Crippen LogP contribution in [0.3, 0.4) is 0 Å². The van der Waals surface area contributed by atoms with E-state index in [-0.39, 0.29) is 29.7 Å². The SMILES string of the molecule is CONC(=NC1CCc2sc(NC(=O)C3CC3)c(C(=O)NCC3CC3)c2C1)NC#N. The summed E-state index contributed by atoms with van der Waals surface area (Å²) < 4.78 is 0. The van der Waals surface area contributed by atoms with E-state index in [9.17, 15) is 9.59 Å². The molecule has 1 atom stereocenters. The Hall–Kier alpha value is -2.64. The van der Waals surface area contributed by atoms with Gasteiger partial charge in [-0.05, 0) is 56.4 Å². The number of thiophene rings is 1. The van der Waals surface area contributed by atoms with Crippen LogP contribution in [0, 0.1) is 23.3 Å². The number of hydrogen-bond acceptors (Lipinski definition) is 6. The van der Waals surface area contributed by atoms with Crippen LogP contribution in [-0.4, -0.2) is 37.5 Å². The average Bonchev–Trinajstić information content (AvgIpc) is 3.63. The van der Waals surface area contributed by atoms with E-state index in [0.29, 0.717) is 29.4 Å². The number of hydroxylamine groups is 1. The predicted molar refractivity (Wildman–Crippen MR) is 113 cm³/mol. The van der Waals surface area contributed by atoms with Crippen molar-refractivity contribution in [1.29, 1.82) is 5.26 Å². The fourth-order valence-electron chi connectivity index (χ4n) is 3.63. The Bertz CT molecular complexity index is 897. The lowest BCUT2D eigenvalue weighted by Gasteiger charge is -2.21. The Morgan fingerprint density at radius 1 is 1.27 bits per heavy atom. The average molecular weight is 431 g/mol. The number of carbonyl (C=O) groups excluding carboxylic acids is 2. The zero-order chi connectivity index (χ0) is 21.1. The second-order valence-corrected chi connectivity index (χ2v) is 9.15. The van der Waals surface area contributed by atoms with Gasteiger partial charge in [0.05, 0.1) is 18.7 Å². The predicted octanol–water partition coefficient (Wildman–Crippen LogP) is 1.67. The maximum atomic E-state index is 13.1. The Balaban J connectivity index is 1.57. The number of guanidine groups is 1. The van der Waals surface area contributed by atoms with Gasteiger partial charge in [-0.3, -0.25) is 19.7 Å². The lowest BCUT2D eigenvalue weighted by atomic mass is 9.91. The van der Waals surface area contributed by atoms with E-state index in [4.69, 9.17) is 10.1 Å². The third-order valence-corrected chi connectivity index (χ3v) is 6.79. The summed E-state index contributed by atoms with van der Waals surface area (Å²) in [5.74, 6) is 0.768. The van der Waals surface area contributed by atoms with Crippen LogP contribution in [0.15, 0.2) is 4.99 Å². The van der Waals surface area contributed by atoms with E-state index in [1.165, 1.54) is 18.4 Å². The van der Waals surface area contributed by atoms with Crippen LogP contribution >= 0.6 is 11.3 Å². The first-order valence-corrected chi connectivity index (χ1v) is 11.2. The van der Waals surface area contributed by atoms with E-state index in [0.717, 1.165) is 49.0 Å². The molecule has 2 amide bonds. The van der Waals surface area contributed by atoms with Gasteiger partial charge in [-0.1, -0.05) is 0 Å². The third kappa shape index (κ3) is 4.91. The molecule has 4 rings (SSSR count). The van der Waals surface area contributed by atoms with Gasteiger partial charge >= 0.3 is 0 Å². The van der Waals surface area contributed by atoms with Crippen LogP contribution < -0.4 is 21.4 Å². The largest absolute Gasteiger partial charge is 0.352 e. The maximum absolute atomic E-state index is 13.1. The van der Waals surface area contributed by atoms with Gasteiger partial charge < -0.3 is 10.6 Å². The molecule has 160 valence electrons. The second kappa shape index (κ2) is 9.02. The van der Waals surface area contributed by atoms with Crippen LogP contribution in [-0.2, 0) is 22.5 Å². The Morgan fingerprint density at radius 3 is 2.73 bits per heavy atom. The van der Waals surface area contributed by atoms with Crippen LogP contribution in [0.1, 0.15) is 52.9 Å². The van der Waals surface area contributed by atoms with Crippen LogP contribution in [0.4, 0.5) is 5.00 Å². The van der Waals surface area contributed by atoms with E-state index in [1.807, 2.05) is 6.19 Å². The number of nitrogens with one attached hydrogen (secondary N) is 4. The molecule has 3 aliphatic rings. The maximum Gasteiger partial charge on any atom is 0.254 e. The minimum absolute atomic E-state index is 0.00390. The fourth-order valence-corrected chi connectivity index (χ4v) is 4.87. The van der Waals surface area contributed by atoms with Crippen molar-refractivity contribution in [2.24, 2.45) is 16.8 Å². The molecule has 2 fully saturated rings. The molecule has 1 unspecified atom stereocenters. The number of fused-ring (bicyclic) bond motifs is 1. The quantitative estimate of drug-likeness (QED) is 0.171. The minimum atomic E-state index is -0.125. The highest BCUT2D eigenvalue weighted by atomic mass is 32.1. The fraction of sp³-hybridized carbons (Fsp3) is 0.600. The highest BCUT2D eigenvalue weighted by Crippen LogP contribution is 2.40. The molecule has 3 aliphatic carbocycles.